The molecule has 2 aromatic carbocycles. The van der Waals surface area contributed by atoms with Crippen molar-refractivity contribution in [3.05, 3.63) is 62.1 Å². The van der Waals surface area contributed by atoms with Gasteiger partial charge in [0.2, 0.25) is 5.82 Å². The van der Waals surface area contributed by atoms with Crippen molar-refractivity contribution in [1.82, 2.24) is 0 Å². The summed E-state index contributed by atoms with van der Waals surface area (Å²) >= 11 is 3.16. The minimum absolute atomic E-state index is 0.00727. The summed E-state index contributed by atoms with van der Waals surface area (Å²) in [5.74, 6) is -2.87. The zero-order chi connectivity index (χ0) is 15.6. The molecule has 0 bridgehead atoms. The zero-order valence-electron chi connectivity index (χ0n) is 10.1. The number of nitro groups is 1. The lowest BCUT2D eigenvalue weighted by molar-refractivity contribution is -0.387. The Balaban J connectivity index is 2.44. The van der Waals surface area contributed by atoms with Crippen molar-refractivity contribution < 1.29 is 18.4 Å². The maximum absolute atomic E-state index is 13.7. The van der Waals surface area contributed by atoms with E-state index in [4.69, 9.17) is 10.00 Å². The highest BCUT2D eigenvalue weighted by Crippen LogP contribution is 2.32. The molecule has 0 aliphatic rings. The lowest BCUT2D eigenvalue weighted by Crippen LogP contribution is -1.97. The summed E-state index contributed by atoms with van der Waals surface area (Å²) in [6, 6.07) is 7.21. The van der Waals surface area contributed by atoms with Gasteiger partial charge >= 0.3 is 5.69 Å². The first kappa shape index (κ1) is 14.9. The quantitative estimate of drug-likeness (QED) is 0.608. The van der Waals surface area contributed by atoms with Crippen LogP contribution in [0.25, 0.3) is 0 Å². The number of hydrogen-bond donors (Lipinski definition) is 0. The Bertz CT molecular complexity index is 775. The van der Waals surface area contributed by atoms with E-state index in [-0.39, 0.29) is 11.3 Å². The van der Waals surface area contributed by atoms with Gasteiger partial charge < -0.3 is 4.74 Å². The fraction of sp³-hybridized carbons (Fsp3) is 0. The third kappa shape index (κ3) is 3.14. The summed E-state index contributed by atoms with van der Waals surface area (Å²) in [4.78, 5) is 9.45. The lowest BCUT2D eigenvalue weighted by atomic mass is 10.2. The number of rotatable bonds is 3. The van der Waals surface area contributed by atoms with E-state index in [1.165, 1.54) is 12.1 Å². The van der Waals surface area contributed by atoms with Crippen molar-refractivity contribution in [2.24, 2.45) is 0 Å². The Labute approximate surface area is 125 Å². The molecule has 106 valence electrons. The van der Waals surface area contributed by atoms with Crippen molar-refractivity contribution in [3.8, 4) is 17.6 Å². The monoisotopic (exact) mass is 354 g/mol. The second-order valence-electron chi connectivity index (χ2n) is 3.85. The van der Waals surface area contributed by atoms with E-state index in [0.717, 1.165) is 0 Å². The van der Waals surface area contributed by atoms with Crippen molar-refractivity contribution in [3.63, 3.8) is 0 Å². The fourth-order valence-corrected chi connectivity index (χ4v) is 1.89. The number of benzene rings is 2. The molecule has 21 heavy (non-hydrogen) atoms. The summed E-state index contributed by atoms with van der Waals surface area (Å²) in [5, 5.41) is 19.4. The van der Waals surface area contributed by atoms with Gasteiger partial charge in [0.05, 0.1) is 16.6 Å². The van der Waals surface area contributed by atoms with Crippen LogP contribution in [-0.2, 0) is 0 Å². The van der Waals surface area contributed by atoms with E-state index in [2.05, 4.69) is 15.9 Å². The summed E-state index contributed by atoms with van der Waals surface area (Å²) in [6.07, 6.45) is 0. The van der Waals surface area contributed by atoms with Crippen molar-refractivity contribution in [1.29, 1.82) is 5.26 Å². The molecule has 2 aromatic rings. The molecule has 0 aliphatic heterocycles. The van der Waals surface area contributed by atoms with Crippen LogP contribution in [0.4, 0.5) is 14.5 Å². The van der Waals surface area contributed by atoms with Crippen molar-refractivity contribution in [2.45, 2.75) is 0 Å². The van der Waals surface area contributed by atoms with Gasteiger partial charge in [0.25, 0.3) is 0 Å². The molecule has 5 nitrogen and oxygen atoms in total. The average molecular weight is 355 g/mol. The topological polar surface area (TPSA) is 76.2 Å². The second-order valence-corrected chi connectivity index (χ2v) is 4.76. The lowest BCUT2D eigenvalue weighted by Gasteiger charge is -2.08. The zero-order valence-corrected chi connectivity index (χ0v) is 11.7. The first-order valence-corrected chi connectivity index (χ1v) is 6.22. The normalized spacial score (nSPS) is 10.0. The number of hydrogen-bond acceptors (Lipinski definition) is 4. The highest BCUT2D eigenvalue weighted by molar-refractivity contribution is 9.10. The van der Waals surface area contributed by atoms with Gasteiger partial charge in [-0.05, 0) is 18.2 Å². The number of ether oxygens (including phenoxy) is 1. The highest BCUT2D eigenvalue weighted by atomic mass is 79.9. The molecule has 0 saturated carbocycles. The predicted octanol–water partition coefficient (Wildman–Crippen LogP) is 4.30. The molecule has 0 amide bonds. The van der Waals surface area contributed by atoms with Crippen LogP contribution in [-0.4, -0.2) is 4.92 Å². The first-order valence-electron chi connectivity index (χ1n) is 5.43. The SMILES string of the molecule is N#Cc1cc(Br)ccc1Oc1cc(F)c([N+](=O)[O-])cc1F. The van der Waals surface area contributed by atoms with Crippen LogP contribution >= 0.6 is 15.9 Å². The molecule has 0 N–H and O–H groups in total. The van der Waals surface area contributed by atoms with E-state index in [9.17, 15) is 18.9 Å². The Kier molecular flexibility index (Phi) is 4.14. The van der Waals surface area contributed by atoms with Crippen LogP contribution in [0.15, 0.2) is 34.8 Å². The number of nitrogens with zero attached hydrogens (tertiary/aromatic N) is 2. The number of nitriles is 1. The Morgan fingerprint density at radius 2 is 1.90 bits per heavy atom. The van der Waals surface area contributed by atoms with Crippen LogP contribution in [0.1, 0.15) is 5.56 Å². The summed E-state index contributed by atoms with van der Waals surface area (Å²) in [6.45, 7) is 0. The fourth-order valence-electron chi connectivity index (χ4n) is 1.53. The maximum Gasteiger partial charge on any atom is 0.307 e. The number of halogens is 3. The second kappa shape index (κ2) is 5.85. The average Bonchev–Trinajstić information content (AvgIpc) is 2.43. The molecular formula is C13H5BrF2N2O3. The van der Waals surface area contributed by atoms with Gasteiger partial charge in [-0.3, -0.25) is 10.1 Å². The highest BCUT2D eigenvalue weighted by Gasteiger charge is 2.20. The van der Waals surface area contributed by atoms with Crippen LogP contribution < -0.4 is 4.74 Å². The van der Waals surface area contributed by atoms with Gasteiger partial charge in [0.15, 0.2) is 11.6 Å². The third-order valence-corrected chi connectivity index (χ3v) is 2.97. The van der Waals surface area contributed by atoms with Gasteiger partial charge in [0.1, 0.15) is 11.8 Å². The molecule has 2 rings (SSSR count). The van der Waals surface area contributed by atoms with Gasteiger partial charge in [-0.25, -0.2) is 4.39 Å². The van der Waals surface area contributed by atoms with Crippen LogP contribution in [0, 0.1) is 33.1 Å². The van der Waals surface area contributed by atoms with Crippen molar-refractivity contribution >= 4 is 21.6 Å². The van der Waals surface area contributed by atoms with Crippen LogP contribution in [0.2, 0.25) is 0 Å². The van der Waals surface area contributed by atoms with Gasteiger partial charge in [-0.1, -0.05) is 15.9 Å². The smallest absolute Gasteiger partial charge is 0.307 e. The maximum atomic E-state index is 13.7. The summed E-state index contributed by atoms with van der Waals surface area (Å²) in [5.41, 5.74) is -0.890. The van der Waals surface area contributed by atoms with E-state index in [1.807, 2.05) is 6.07 Å². The minimum atomic E-state index is -1.23. The minimum Gasteiger partial charge on any atom is -0.453 e. The van der Waals surface area contributed by atoms with Crippen molar-refractivity contribution in [2.75, 3.05) is 0 Å². The predicted molar refractivity (Wildman–Crippen MR) is 71.9 cm³/mol. The molecular weight excluding hydrogens is 350 g/mol. The van der Waals surface area contributed by atoms with Gasteiger partial charge in [-0.15, -0.1) is 0 Å². The van der Waals surface area contributed by atoms with E-state index in [1.54, 1.807) is 6.07 Å². The summed E-state index contributed by atoms with van der Waals surface area (Å²) in [7, 11) is 0. The van der Waals surface area contributed by atoms with E-state index >= 15 is 0 Å². The van der Waals surface area contributed by atoms with Gasteiger partial charge in [0, 0.05) is 10.5 Å². The summed E-state index contributed by atoms with van der Waals surface area (Å²) < 4.78 is 32.9. The van der Waals surface area contributed by atoms with E-state index < -0.39 is 28.0 Å². The molecule has 0 fully saturated rings. The standard InChI is InChI=1S/C13H5BrF2N2O3/c14-8-1-2-12(7(3-8)6-17)21-13-5-9(15)11(18(19)20)4-10(13)16/h1-5H. The molecule has 8 heteroatoms. The molecule has 0 unspecified atom stereocenters. The Morgan fingerprint density at radius 1 is 1.19 bits per heavy atom. The molecule has 0 spiro atoms. The Hall–Kier alpha value is -2.53. The molecule has 0 aromatic heterocycles. The molecule has 0 heterocycles. The molecule has 0 aliphatic carbocycles. The molecule has 0 atom stereocenters. The molecule has 0 radical (unpaired) electrons. The van der Waals surface area contributed by atoms with E-state index in [0.29, 0.717) is 16.6 Å². The van der Waals surface area contributed by atoms with Crippen LogP contribution in [0.5, 0.6) is 11.5 Å². The van der Waals surface area contributed by atoms with Crippen LogP contribution in [0.3, 0.4) is 0 Å². The number of nitro benzene ring substituents is 1. The third-order valence-electron chi connectivity index (χ3n) is 2.48. The van der Waals surface area contributed by atoms with Gasteiger partial charge in [-0.2, -0.15) is 9.65 Å². The molecule has 0 saturated heterocycles. The Morgan fingerprint density at radius 3 is 2.52 bits per heavy atom. The first-order chi connectivity index (χ1) is 9.92. The largest absolute Gasteiger partial charge is 0.453 e.